The lowest BCUT2D eigenvalue weighted by atomic mass is 10.2. The lowest BCUT2D eigenvalue weighted by molar-refractivity contribution is -0.130. The molecule has 1 unspecified atom stereocenters. The summed E-state index contributed by atoms with van der Waals surface area (Å²) < 4.78 is 14.9. The van der Waals surface area contributed by atoms with Crippen molar-refractivity contribution in [2.75, 3.05) is 26.3 Å². The number of benzene rings is 1. The number of amides is 2. The van der Waals surface area contributed by atoms with E-state index in [9.17, 15) is 14.4 Å². The van der Waals surface area contributed by atoms with Gasteiger partial charge in [-0.05, 0) is 50.5 Å². The summed E-state index contributed by atoms with van der Waals surface area (Å²) in [5, 5.41) is 5.57. The van der Waals surface area contributed by atoms with E-state index >= 15 is 0 Å². The normalized spacial score (nSPS) is 16.0. The third kappa shape index (κ3) is 6.36. The first-order valence-electron chi connectivity index (χ1n) is 8.72. The van der Waals surface area contributed by atoms with Crippen molar-refractivity contribution in [2.45, 2.75) is 32.3 Å². The molecule has 1 aliphatic rings. The summed E-state index contributed by atoms with van der Waals surface area (Å²) in [6, 6.07) is 6.16. The Labute approximate surface area is 152 Å². The van der Waals surface area contributed by atoms with Crippen LogP contribution in [0.5, 0.6) is 5.75 Å². The molecular weight excluding hydrogens is 340 g/mol. The highest BCUT2D eigenvalue weighted by molar-refractivity contribution is 5.94. The van der Waals surface area contributed by atoms with Crippen molar-refractivity contribution < 1.29 is 28.6 Å². The van der Waals surface area contributed by atoms with E-state index in [-0.39, 0.29) is 24.5 Å². The Hall–Kier alpha value is -2.61. The maximum absolute atomic E-state index is 12.0. The van der Waals surface area contributed by atoms with E-state index in [0.29, 0.717) is 37.4 Å². The van der Waals surface area contributed by atoms with Crippen molar-refractivity contribution in [3.05, 3.63) is 29.8 Å². The highest BCUT2D eigenvalue weighted by Crippen LogP contribution is 2.13. The molecule has 1 atom stereocenters. The molecule has 8 heteroatoms. The van der Waals surface area contributed by atoms with E-state index < -0.39 is 6.16 Å². The minimum absolute atomic E-state index is 0.0917. The summed E-state index contributed by atoms with van der Waals surface area (Å²) in [5.41, 5.74) is 0.449. The predicted octanol–water partition coefficient (Wildman–Crippen LogP) is 1.64. The second-order valence-corrected chi connectivity index (χ2v) is 5.71. The number of hydrogen-bond acceptors (Lipinski definition) is 6. The quantitative estimate of drug-likeness (QED) is 0.413. The van der Waals surface area contributed by atoms with Crippen LogP contribution in [0.2, 0.25) is 0 Å². The monoisotopic (exact) mass is 364 g/mol. The Balaban J connectivity index is 1.64. The first-order valence-corrected chi connectivity index (χ1v) is 8.72. The topological polar surface area (TPSA) is 103 Å². The molecule has 1 heterocycles. The van der Waals surface area contributed by atoms with Crippen LogP contribution in [0.25, 0.3) is 0 Å². The highest BCUT2D eigenvalue weighted by Gasteiger charge is 2.22. The lowest BCUT2D eigenvalue weighted by Crippen LogP contribution is -2.36. The van der Waals surface area contributed by atoms with Gasteiger partial charge in [-0.1, -0.05) is 0 Å². The summed E-state index contributed by atoms with van der Waals surface area (Å²) in [4.78, 5) is 35.0. The molecule has 8 nitrogen and oxygen atoms in total. The van der Waals surface area contributed by atoms with Crippen molar-refractivity contribution >= 4 is 18.0 Å². The second-order valence-electron chi connectivity index (χ2n) is 5.71. The highest BCUT2D eigenvalue weighted by atomic mass is 16.7. The van der Waals surface area contributed by atoms with Crippen LogP contribution in [0.1, 0.15) is 36.5 Å². The zero-order valence-corrected chi connectivity index (χ0v) is 14.8. The molecule has 1 aromatic rings. The fourth-order valence-electron chi connectivity index (χ4n) is 2.42. The summed E-state index contributed by atoms with van der Waals surface area (Å²) in [5.74, 6) is -0.0269. The summed E-state index contributed by atoms with van der Waals surface area (Å²) in [7, 11) is 0. The van der Waals surface area contributed by atoms with Crippen molar-refractivity contribution in [1.82, 2.24) is 10.6 Å². The summed E-state index contributed by atoms with van der Waals surface area (Å²) in [6.07, 6.45) is 1.18. The van der Waals surface area contributed by atoms with E-state index in [1.54, 1.807) is 19.1 Å². The maximum Gasteiger partial charge on any atom is 0.513 e. The maximum atomic E-state index is 12.0. The number of ether oxygens (including phenoxy) is 3. The van der Waals surface area contributed by atoms with Crippen molar-refractivity contribution in [3.63, 3.8) is 0 Å². The van der Waals surface area contributed by atoms with E-state index in [2.05, 4.69) is 15.4 Å². The van der Waals surface area contributed by atoms with Gasteiger partial charge in [0, 0.05) is 25.3 Å². The SMILES string of the molecule is CCOC(=O)Oc1ccc(C(=O)NCCCNC(=O)C2CCCO2)cc1. The van der Waals surface area contributed by atoms with Gasteiger partial charge in [0.25, 0.3) is 5.91 Å². The smallest absolute Gasteiger partial charge is 0.434 e. The van der Waals surface area contributed by atoms with Crippen molar-refractivity contribution in [3.8, 4) is 5.75 Å². The standard InChI is InChI=1S/C18H24N2O6/c1-2-24-18(23)26-14-8-6-13(7-9-14)16(21)19-10-4-11-20-17(22)15-5-3-12-25-15/h6-9,15H,2-5,10-12H2,1H3,(H,19,21)(H,20,22). The first kappa shape index (κ1) is 19.7. The molecule has 0 aromatic heterocycles. The van der Waals surface area contributed by atoms with Crippen LogP contribution in [-0.4, -0.2) is 50.4 Å². The van der Waals surface area contributed by atoms with Crippen LogP contribution in [0.4, 0.5) is 4.79 Å². The van der Waals surface area contributed by atoms with Gasteiger partial charge in [0.1, 0.15) is 11.9 Å². The molecule has 0 aliphatic carbocycles. The zero-order chi connectivity index (χ0) is 18.8. The molecule has 1 saturated heterocycles. The average Bonchev–Trinajstić information content (AvgIpc) is 3.16. The van der Waals surface area contributed by atoms with Gasteiger partial charge in [-0.3, -0.25) is 9.59 Å². The molecule has 1 aromatic carbocycles. The fourth-order valence-corrected chi connectivity index (χ4v) is 2.42. The van der Waals surface area contributed by atoms with Gasteiger partial charge >= 0.3 is 6.16 Å². The third-order valence-corrected chi connectivity index (χ3v) is 3.74. The molecular formula is C18H24N2O6. The van der Waals surface area contributed by atoms with Crippen LogP contribution < -0.4 is 15.4 Å². The van der Waals surface area contributed by atoms with Crippen LogP contribution >= 0.6 is 0 Å². The number of carbonyl (C=O) groups is 3. The van der Waals surface area contributed by atoms with Gasteiger partial charge in [-0.2, -0.15) is 0 Å². The van der Waals surface area contributed by atoms with E-state index in [1.807, 2.05) is 0 Å². The van der Waals surface area contributed by atoms with E-state index in [1.165, 1.54) is 12.1 Å². The minimum atomic E-state index is -0.783. The summed E-state index contributed by atoms with van der Waals surface area (Å²) in [6.45, 7) is 3.46. The van der Waals surface area contributed by atoms with Gasteiger partial charge in [-0.25, -0.2) is 4.79 Å². The third-order valence-electron chi connectivity index (χ3n) is 3.74. The average molecular weight is 364 g/mol. The number of carbonyl (C=O) groups excluding carboxylic acids is 3. The van der Waals surface area contributed by atoms with Gasteiger partial charge in [-0.15, -0.1) is 0 Å². The fraction of sp³-hybridized carbons (Fsp3) is 0.500. The summed E-state index contributed by atoms with van der Waals surface area (Å²) >= 11 is 0. The molecule has 2 rings (SSSR count). The second kappa shape index (κ2) is 10.4. The molecule has 0 spiro atoms. The number of rotatable bonds is 8. The molecule has 2 N–H and O–H groups in total. The molecule has 142 valence electrons. The number of nitrogens with one attached hydrogen (secondary N) is 2. The molecule has 2 amide bonds. The van der Waals surface area contributed by atoms with Gasteiger partial charge < -0.3 is 24.8 Å². The minimum Gasteiger partial charge on any atom is -0.434 e. The van der Waals surface area contributed by atoms with Gasteiger partial charge in [0.15, 0.2) is 0 Å². The Bertz CT molecular complexity index is 611. The molecule has 0 saturated carbocycles. The van der Waals surface area contributed by atoms with Crippen LogP contribution in [0, 0.1) is 0 Å². The Morgan fingerprint density at radius 2 is 1.88 bits per heavy atom. The first-order chi connectivity index (χ1) is 12.6. The van der Waals surface area contributed by atoms with Gasteiger partial charge in [0.05, 0.1) is 6.61 Å². The lowest BCUT2D eigenvalue weighted by Gasteiger charge is -2.10. The number of hydrogen-bond donors (Lipinski definition) is 2. The largest absolute Gasteiger partial charge is 0.513 e. The van der Waals surface area contributed by atoms with Crippen molar-refractivity contribution in [2.24, 2.45) is 0 Å². The Morgan fingerprint density at radius 3 is 2.54 bits per heavy atom. The van der Waals surface area contributed by atoms with E-state index in [0.717, 1.165) is 12.8 Å². The van der Waals surface area contributed by atoms with Crippen molar-refractivity contribution in [1.29, 1.82) is 0 Å². The molecule has 1 aliphatic heterocycles. The molecule has 0 radical (unpaired) electrons. The van der Waals surface area contributed by atoms with Crippen LogP contribution in [-0.2, 0) is 14.3 Å². The Kier molecular flexibility index (Phi) is 7.88. The molecule has 26 heavy (non-hydrogen) atoms. The zero-order valence-electron chi connectivity index (χ0n) is 14.8. The Morgan fingerprint density at radius 1 is 1.15 bits per heavy atom. The van der Waals surface area contributed by atoms with E-state index in [4.69, 9.17) is 9.47 Å². The van der Waals surface area contributed by atoms with Gasteiger partial charge in [0.2, 0.25) is 5.91 Å². The predicted molar refractivity (Wildman–Crippen MR) is 93.0 cm³/mol. The molecule has 1 fully saturated rings. The van der Waals surface area contributed by atoms with Crippen LogP contribution in [0.15, 0.2) is 24.3 Å². The molecule has 0 bridgehead atoms. The van der Waals surface area contributed by atoms with Crippen LogP contribution in [0.3, 0.4) is 0 Å².